The molecule has 1 aliphatic rings. The van der Waals surface area contributed by atoms with Gasteiger partial charge in [0.15, 0.2) is 0 Å². The highest BCUT2D eigenvalue weighted by Gasteiger charge is 2.22. The van der Waals surface area contributed by atoms with Crippen molar-refractivity contribution in [3.05, 3.63) is 16.0 Å². The van der Waals surface area contributed by atoms with Crippen molar-refractivity contribution in [1.82, 2.24) is 9.97 Å². The Kier molecular flexibility index (Phi) is 4.37. The van der Waals surface area contributed by atoms with Crippen LogP contribution in [0.25, 0.3) is 0 Å². The van der Waals surface area contributed by atoms with Crippen LogP contribution >= 0.6 is 15.9 Å². The van der Waals surface area contributed by atoms with Crippen LogP contribution in [-0.4, -0.2) is 16.5 Å². The lowest BCUT2D eigenvalue weighted by Crippen LogP contribution is -2.09. The molecule has 0 radical (unpaired) electrons. The molecular formula is C13H20BrN3. The minimum atomic E-state index is 0.575. The third-order valence-electron chi connectivity index (χ3n) is 3.34. The van der Waals surface area contributed by atoms with Gasteiger partial charge in [0, 0.05) is 12.5 Å². The van der Waals surface area contributed by atoms with Gasteiger partial charge in [-0.25, -0.2) is 9.97 Å². The predicted molar refractivity (Wildman–Crippen MR) is 74.5 cm³/mol. The molecule has 1 saturated carbocycles. The van der Waals surface area contributed by atoms with E-state index in [4.69, 9.17) is 4.98 Å². The zero-order valence-electron chi connectivity index (χ0n) is 10.6. The number of hydrogen-bond donors (Lipinski definition) is 1. The lowest BCUT2D eigenvalue weighted by molar-refractivity contribution is 0.660. The molecular weight excluding hydrogens is 278 g/mol. The second kappa shape index (κ2) is 5.80. The van der Waals surface area contributed by atoms with E-state index in [2.05, 4.69) is 40.1 Å². The van der Waals surface area contributed by atoms with E-state index in [-0.39, 0.29) is 0 Å². The molecule has 0 amide bonds. The fourth-order valence-electron chi connectivity index (χ4n) is 2.40. The maximum absolute atomic E-state index is 4.72. The molecule has 0 unspecified atom stereocenters. The maximum Gasteiger partial charge on any atom is 0.144 e. The highest BCUT2D eigenvalue weighted by Crippen LogP contribution is 2.34. The maximum atomic E-state index is 4.72. The van der Waals surface area contributed by atoms with Crippen LogP contribution < -0.4 is 5.32 Å². The summed E-state index contributed by atoms with van der Waals surface area (Å²) >= 11 is 3.60. The second-order valence-corrected chi connectivity index (χ2v) is 5.35. The van der Waals surface area contributed by atoms with E-state index in [0.29, 0.717) is 5.92 Å². The molecule has 1 aromatic heterocycles. The number of nitrogens with one attached hydrogen (secondary N) is 1. The fourth-order valence-corrected chi connectivity index (χ4v) is 3.00. The summed E-state index contributed by atoms with van der Waals surface area (Å²) in [7, 11) is 0. The molecule has 0 atom stereocenters. The Morgan fingerprint density at radius 3 is 2.53 bits per heavy atom. The Hall–Kier alpha value is -0.640. The van der Waals surface area contributed by atoms with Crippen LogP contribution in [0.15, 0.2) is 4.47 Å². The van der Waals surface area contributed by atoms with E-state index in [1.807, 2.05) is 0 Å². The van der Waals surface area contributed by atoms with Gasteiger partial charge in [0.25, 0.3) is 0 Å². The van der Waals surface area contributed by atoms with Crippen LogP contribution in [0.3, 0.4) is 0 Å². The number of nitrogens with zero attached hydrogens (tertiary/aromatic N) is 2. The average Bonchev–Trinajstić information content (AvgIpc) is 2.85. The molecule has 0 spiro atoms. The topological polar surface area (TPSA) is 37.8 Å². The highest BCUT2D eigenvalue weighted by molar-refractivity contribution is 9.10. The Bertz CT molecular complexity index is 386. The lowest BCUT2D eigenvalue weighted by Gasteiger charge is -2.14. The van der Waals surface area contributed by atoms with E-state index in [0.717, 1.165) is 34.8 Å². The first-order valence-electron chi connectivity index (χ1n) is 6.56. The summed E-state index contributed by atoms with van der Waals surface area (Å²) < 4.78 is 1.03. The molecule has 1 aromatic rings. The van der Waals surface area contributed by atoms with E-state index >= 15 is 0 Å². The number of halogens is 1. The van der Waals surface area contributed by atoms with Crippen molar-refractivity contribution in [3.63, 3.8) is 0 Å². The van der Waals surface area contributed by atoms with Crippen LogP contribution in [0.5, 0.6) is 0 Å². The summed E-state index contributed by atoms with van der Waals surface area (Å²) in [5.41, 5.74) is 1.12. The SMILES string of the molecule is CCNc1nc(C2CCCC2)nc(CC)c1Br. The van der Waals surface area contributed by atoms with Gasteiger partial charge in [0.1, 0.15) is 11.6 Å². The van der Waals surface area contributed by atoms with Gasteiger partial charge in [-0.2, -0.15) is 0 Å². The van der Waals surface area contributed by atoms with Gasteiger partial charge in [0.05, 0.1) is 10.2 Å². The summed E-state index contributed by atoms with van der Waals surface area (Å²) in [6.45, 7) is 5.12. The summed E-state index contributed by atoms with van der Waals surface area (Å²) in [6.07, 6.45) is 6.08. The Balaban J connectivity index is 2.35. The minimum Gasteiger partial charge on any atom is -0.369 e. The molecule has 2 rings (SSSR count). The van der Waals surface area contributed by atoms with Crippen LogP contribution in [-0.2, 0) is 6.42 Å². The van der Waals surface area contributed by atoms with Crippen molar-refractivity contribution >= 4 is 21.7 Å². The lowest BCUT2D eigenvalue weighted by atomic mass is 10.1. The van der Waals surface area contributed by atoms with Crippen LogP contribution in [0.2, 0.25) is 0 Å². The Labute approximate surface area is 112 Å². The number of aryl methyl sites for hydroxylation is 1. The third kappa shape index (κ3) is 2.79. The number of anilines is 1. The van der Waals surface area contributed by atoms with Crippen molar-refractivity contribution in [1.29, 1.82) is 0 Å². The molecule has 4 heteroatoms. The zero-order chi connectivity index (χ0) is 12.3. The number of hydrogen-bond acceptors (Lipinski definition) is 3. The summed E-state index contributed by atoms with van der Waals surface area (Å²) in [6, 6.07) is 0. The molecule has 0 saturated heterocycles. The van der Waals surface area contributed by atoms with E-state index in [1.165, 1.54) is 25.7 Å². The summed E-state index contributed by atoms with van der Waals surface area (Å²) in [5.74, 6) is 2.57. The number of rotatable bonds is 4. The van der Waals surface area contributed by atoms with Gasteiger partial charge in [-0.3, -0.25) is 0 Å². The van der Waals surface area contributed by atoms with Crippen LogP contribution in [0.1, 0.15) is 57.0 Å². The highest BCUT2D eigenvalue weighted by atomic mass is 79.9. The fraction of sp³-hybridized carbons (Fsp3) is 0.692. The molecule has 1 heterocycles. The molecule has 0 aliphatic heterocycles. The molecule has 17 heavy (non-hydrogen) atoms. The predicted octanol–water partition coefficient (Wildman–Crippen LogP) is 3.89. The van der Waals surface area contributed by atoms with Gasteiger partial charge < -0.3 is 5.32 Å². The largest absolute Gasteiger partial charge is 0.369 e. The van der Waals surface area contributed by atoms with Gasteiger partial charge in [-0.05, 0) is 42.1 Å². The first-order chi connectivity index (χ1) is 8.26. The van der Waals surface area contributed by atoms with Gasteiger partial charge >= 0.3 is 0 Å². The van der Waals surface area contributed by atoms with Gasteiger partial charge in [-0.1, -0.05) is 19.8 Å². The molecule has 94 valence electrons. The molecule has 0 aromatic carbocycles. The molecule has 1 aliphatic carbocycles. The first-order valence-corrected chi connectivity index (χ1v) is 7.35. The van der Waals surface area contributed by atoms with Gasteiger partial charge in [-0.15, -0.1) is 0 Å². The molecule has 0 bridgehead atoms. The van der Waals surface area contributed by atoms with E-state index < -0.39 is 0 Å². The van der Waals surface area contributed by atoms with Crippen LogP contribution in [0, 0.1) is 0 Å². The van der Waals surface area contributed by atoms with Crippen molar-refractivity contribution in [3.8, 4) is 0 Å². The average molecular weight is 298 g/mol. The molecule has 1 N–H and O–H groups in total. The Morgan fingerprint density at radius 1 is 1.24 bits per heavy atom. The van der Waals surface area contributed by atoms with Crippen LogP contribution in [0.4, 0.5) is 5.82 Å². The zero-order valence-corrected chi connectivity index (χ0v) is 12.2. The second-order valence-electron chi connectivity index (χ2n) is 4.56. The molecule has 3 nitrogen and oxygen atoms in total. The summed E-state index contributed by atoms with van der Waals surface area (Å²) in [5, 5.41) is 3.32. The van der Waals surface area contributed by atoms with E-state index in [1.54, 1.807) is 0 Å². The van der Waals surface area contributed by atoms with Crippen molar-refractivity contribution in [2.24, 2.45) is 0 Å². The van der Waals surface area contributed by atoms with Crippen molar-refractivity contribution in [2.45, 2.75) is 51.9 Å². The van der Waals surface area contributed by atoms with Crippen molar-refractivity contribution in [2.75, 3.05) is 11.9 Å². The first kappa shape index (κ1) is 12.8. The minimum absolute atomic E-state index is 0.575. The number of aromatic nitrogens is 2. The van der Waals surface area contributed by atoms with E-state index in [9.17, 15) is 0 Å². The normalized spacial score (nSPS) is 16.4. The quantitative estimate of drug-likeness (QED) is 0.916. The monoisotopic (exact) mass is 297 g/mol. The third-order valence-corrected chi connectivity index (χ3v) is 4.17. The summed E-state index contributed by atoms with van der Waals surface area (Å²) in [4.78, 5) is 9.40. The van der Waals surface area contributed by atoms with Crippen molar-refractivity contribution < 1.29 is 0 Å². The molecule has 1 fully saturated rings. The smallest absolute Gasteiger partial charge is 0.144 e. The Morgan fingerprint density at radius 2 is 1.94 bits per heavy atom. The van der Waals surface area contributed by atoms with Gasteiger partial charge in [0.2, 0.25) is 0 Å². The standard InChI is InChI=1S/C13H20BrN3/c1-3-10-11(14)13(15-4-2)17-12(16-10)9-7-5-6-8-9/h9H,3-8H2,1-2H3,(H,15,16,17).